The van der Waals surface area contributed by atoms with Gasteiger partial charge >= 0.3 is 0 Å². The van der Waals surface area contributed by atoms with Crippen LogP contribution in [-0.4, -0.2) is 17.0 Å². The molecule has 0 bridgehead atoms. The Morgan fingerprint density at radius 1 is 1.12 bits per heavy atom. The summed E-state index contributed by atoms with van der Waals surface area (Å²) in [5.41, 5.74) is 3.05. The molecular formula is C19H29N3O3. The summed E-state index contributed by atoms with van der Waals surface area (Å²) in [6.45, 7) is 2.22. The summed E-state index contributed by atoms with van der Waals surface area (Å²) in [5.74, 6) is -0.121. The number of hydrogen-bond acceptors (Lipinski definition) is 4. The van der Waals surface area contributed by atoms with Gasteiger partial charge in [-0.3, -0.25) is 14.9 Å². The number of hydrogen-bond donors (Lipinski definition) is 1. The molecule has 1 aromatic carbocycles. The number of carbonyl (C=O) groups is 1. The van der Waals surface area contributed by atoms with Gasteiger partial charge in [0, 0.05) is 24.1 Å². The summed E-state index contributed by atoms with van der Waals surface area (Å²) in [6, 6.07) is 6.11. The second-order valence-corrected chi connectivity index (χ2v) is 6.22. The molecular weight excluding hydrogens is 318 g/mol. The highest BCUT2D eigenvalue weighted by atomic mass is 16.6. The van der Waals surface area contributed by atoms with Gasteiger partial charge < -0.3 is 0 Å². The van der Waals surface area contributed by atoms with Crippen LogP contribution < -0.4 is 5.43 Å². The monoisotopic (exact) mass is 347 g/mol. The zero-order valence-corrected chi connectivity index (χ0v) is 15.1. The molecule has 0 saturated heterocycles. The number of amides is 1. The van der Waals surface area contributed by atoms with E-state index in [0.717, 1.165) is 12.8 Å². The number of unbranched alkanes of at least 4 members (excludes halogenated alkanes) is 8. The van der Waals surface area contributed by atoms with Crippen LogP contribution in [-0.2, 0) is 4.79 Å². The standard InChI is InChI=1S/C19H29N3O3/c1-2-3-4-5-6-7-8-9-10-14-19(23)21-20-16-17-12-11-13-18(15-17)22(24)25/h11-13,15-16H,2-10,14H2,1H3,(H,21,23)/b20-16-. The lowest BCUT2D eigenvalue weighted by atomic mass is 10.1. The van der Waals surface area contributed by atoms with Crippen LogP contribution in [0.25, 0.3) is 0 Å². The van der Waals surface area contributed by atoms with Crippen molar-refractivity contribution >= 4 is 17.8 Å². The number of non-ortho nitro benzene ring substituents is 1. The molecule has 6 nitrogen and oxygen atoms in total. The van der Waals surface area contributed by atoms with Crippen molar-refractivity contribution in [3.05, 3.63) is 39.9 Å². The van der Waals surface area contributed by atoms with E-state index in [2.05, 4.69) is 17.5 Å². The number of nitro groups is 1. The Kier molecular flexibility index (Phi) is 10.9. The Morgan fingerprint density at radius 2 is 1.76 bits per heavy atom. The molecule has 0 aliphatic heterocycles. The number of carbonyl (C=O) groups excluding carboxylic acids is 1. The minimum Gasteiger partial charge on any atom is -0.273 e. The van der Waals surface area contributed by atoms with Gasteiger partial charge in [0.2, 0.25) is 5.91 Å². The number of benzene rings is 1. The predicted molar refractivity (Wildman–Crippen MR) is 101 cm³/mol. The van der Waals surface area contributed by atoms with Crippen LogP contribution >= 0.6 is 0 Å². The van der Waals surface area contributed by atoms with E-state index >= 15 is 0 Å². The molecule has 0 atom stereocenters. The fraction of sp³-hybridized carbons (Fsp3) is 0.579. The Morgan fingerprint density at radius 3 is 2.40 bits per heavy atom. The Labute approximate surface area is 149 Å². The van der Waals surface area contributed by atoms with E-state index in [0.29, 0.717) is 12.0 Å². The predicted octanol–water partition coefficient (Wildman–Crippen LogP) is 4.97. The van der Waals surface area contributed by atoms with Gasteiger partial charge in [-0.15, -0.1) is 0 Å². The van der Waals surface area contributed by atoms with E-state index in [1.807, 2.05) is 0 Å². The molecule has 0 aliphatic rings. The lowest BCUT2D eigenvalue weighted by Gasteiger charge is -2.02. The quantitative estimate of drug-likeness (QED) is 0.237. The van der Waals surface area contributed by atoms with E-state index in [1.165, 1.54) is 63.3 Å². The van der Waals surface area contributed by atoms with Gasteiger partial charge in [0.1, 0.15) is 0 Å². The van der Waals surface area contributed by atoms with Gasteiger partial charge in [-0.1, -0.05) is 70.4 Å². The van der Waals surface area contributed by atoms with Gasteiger partial charge in [-0.25, -0.2) is 5.43 Å². The third kappa shape index (κ3) is 10.3. The van der Waals surface area contributed by atoms with Gasteiger partial charge in [0.05, 0.1) is 11.1 Å². The molecule has 0 radical (unpaired) electrons. The highest BCUT2D eigenvalue weighted by molar-refractivity contribution is 5.83. The third-order valence-electron chi connectivity index (χ3n) is 3.99. The molecule has 0 aromatic heterocycles. The molecule has 0 aliphatic carbocycles. The van der Waals surface area contributed by atoms with Crippen LogP contribution in [0.2, 0.25) is 0 Å². The molecule has 1 rings (SSSR count). The maximum absolute atomic E-state index is 11.7. The summed E-state index contributed by atoms with van der Waals surface area (Å²) in [6.07, 6.45) is 12.8. The fourth-order valence-electron chi connectivity index (χ4n) is 2.55. The summed E-state index contributed by atoms with van der Waals surface area (Å²) >= 11 is 0. The van der Waals surface area contributed by atoms with Crippen LogP contribution in [0.3, 0.4) is 0 Å². The maximum Gasteiger partial charge on any atom is 0.270 e. The summed E-state index contributed by atoms with van der Waals surface area (Å²) in [7, 11) is 0. The highest BCUT2D eigenvalue weighted by Crippen LogP contribution is 2.12. The van der Waals surface area contributed by atoms with Crippen molar-refractivity contribution < 1.29 is 9.72 Å². The van der Waals surface area contributed by atoms with E-state index in [1.54, 1.807) is 12.1 Å². The first-order chi connectivity index (χ1) is 12.1. The molecule has 1 amide bonds. The maximum atomic E-state index is 11.7. The highest BCUT2D eigenvalue weighted by Gasteiger charge is 2.04. The summed E-state index contributed by atoms with van der Waals surface area (Å²) < 4.78 is 0. The molecule has 0 spiro atoms. The molecule has 6 heteroatoms. The van der Waals surface area contributed by atoms with E-state index in [-0.39, 0.29) is 11.6 Å². The van der Waals surface area contributed by atoms with Crippen molar-refractivity contribution in [2.75, 3.05) is 0 Å². The van der Waals surface area contributed by atoms with Gasteiger partial charge in [-0.2, -0.15) is 5.10 Å². The van der Waals surface area contributed by atoms with Crippen molar-refractivity contribution in [3.8, 4) is 0 Å². The number of nitrogens with zero attached hydrogens (tertiary/aromatic N) is 2. The minimum absolute atomic E-state index is 0.00460. The van der Waals surface area contributed by atoms with Crippen molar-refractivity contribution in [2.45, 2.75) is 71.1 Å². The topological polar surface area (TPSA) is 84.6 Å². The summed E-state index contributed by atoms with van der Waals surface area (Å²) in [4.78, 5) is 21.9. The number of nitrogens with one attached hydrogen (secondary N) is 1. The molecule has 138 valence electrons. The Balaban J connectivity index is 2.10. The molecule has 0 fully saturated rings. The van der Waals surface area contributed by atoms with Crippen molar-refractivity contribution in [3.63, 3.8) is 0 Å². The lowest BCUT2D eigenvalue weighted by molar-refractivity contribution is -0.384. The van der Waals surface area contributed by atoms with Crippen molar-refractivity contribution in [1.82, 2.24) is 5.43 Å². The molecule has 0 unspecified atom stereocenters. The van der Waals surface area contributed by atoms with E-state index in [4.69, 9.17) is 0 Å². The second-order valence-electron chi connectivity index (χ2n) is 6.22. The van der Waals surface area contributed by atoms with Crippen molar-refractivity contribution in [1.29, 1.82) is 0 Å². The first kappa shape index (κ1) is 20.8. The third-order valence-corrected chi connectivity index (χ3v) is 3.99. The first-order valence-electron chi connectivity index (χ1n) is 9.20. The lowest BCUT2D eigenvalue weighted by Crippen LogP contribution is -2.16. The smallest absolute Gasteiger partial charge is 0.270 e. The Bertz CT molecular complexity index is 559. The average Bonchev–Trinajstić information content (AvgIpc) is 2.60. The molecule has 0 heterocycles. The molecule has 0 saturated carbocycles. The zero-order chi connectivity index (χ0) is 18.3. The van der Waals surface area contributed by atoms with Crippen LogP contribution in [0, 0.1) is 10.1 Å². The average molecular weight is 347 g/mol. The van der Waals surface area contributed by atoms with Crippen LogP contribution in [0.1, 0.15) is 76.7 Å². The van der Waals surface area contributed by atoms with Gasteiger partial charge in [-0.05, 0) is 6.42 Å². The first-order valence-corrected chi connectivity index (χ1v) is 9.20. The Hall–Kier alpha value is -2.24. The SMILES string of the molecule is CCCCCCCCCCCC(=O)N/N=C\c1cccc([N+](=O)[O-])c1. The van der Waals surface area contributed by atoms with Crippen LogP contribution in [0.5, 0.6) is 0 Å². The molecule has 25 heavy (non-hydrogen) atoms. The fourth-order valence-corrected chi connectivity index (χ4v) is 2.55. The number of rotatable bonds is 13. The minimum atomic E-state index is -0.459. The number of hydrazone groups is 1. The van der Waals surface area contributed by atoms with E-state index < -0.39 is 4.92 Å². The van der Waals surface area contributed by atoms with Gasteiger partial charge in [0.15, 0.2) is 0 Å². The largest absolute Gasteiger partial charge is 0.273 e. The van der Waals surface area contributed by atoms with E-state index in [9.17, 15) is 14.9 Å². The van der Waals surface area contributed by atoms with Crippen LogP contribution in [0.15, 0.2) is 29.4 Å². The van der Waals surface area contributed by atoms with Gasteiger partial charge in [0.25, 0.3) is 5.69 Å². The van der Waals surface area contributed by atoms with Crippen molar-refractivity contribution in [2.24, 2.45) is 5.10 Å². The van der Waals surface area contributed by atoms with Crippen LogP contribution in [0.4, 0.5) is 5.69 Å². The molecule has 1 aromatic rings. The second kappa shape index (κ2) is 13.1. The number of nitro benzene ring substituents is 1. The zero-order valence-electron chi connectivity index (χ0n) is 15.1. The summed E-state index contributed by atoms with van der Waals surface area (Å²) in [5, 5.41) is 14.5. The normalized spacial score (nSPS) is 10.9. The molecule has 1 N–H and O–H groups in total.